The Kier molecular flexibility index (Phi) is 13.9. The van der Waals surface area contributed by atoms with E-state index >= 15 is 0 Å². The highest BCUT2D eigenvalue weighted by atomic mass is 16.8. The van der Waals surface area contributed by atoms with Crippen LogP contribution in [0.15, 0.2) is 18.2 Å². The Labute approximate surface area is 237 Å². The molecule has 0 radical (unpaired) electrons. The number of carbonyl (C=O) groups is 4. The molecule has 0 fully saturated rings. The first-order valence-corrected chi connectivity index (χ1v) is 13.4. The lowest BCUT2D eigenvalue weighted by Crippen LogP contribution is -2.41. The normalized spacial score (nSPS) is 13.7. The molecule has 1 aromatic carbocycles. The van der Waals surface area contributed by atoms with Gasteiger partial charge in [-0.2, -0.15) is 0 Å². The summed E-state index contributed by atoms with van der Waals surface area (Å²) in [6, 6.07) is 3.71. The van der Waals surface area contributed by atoms with E-state index < -0.39 is 41.9 Å². The van der Waals surface area contributed by atoms with Crippen molar-refractivity contribution in [2.24, 2.45) is 17.3 Å². The highest BCUT2D eigenvalue weighted by molar-refractivity contribution is 5.76. The molecule has 11 heteroatoms. The zero-order valence-electron chi connectivity index (χ0n) is 25.3. The Morgan fingerprint density at radius 1 is 0.825 bits per heavy atom. The summed E-state index contributed by atoms with van der Waals surface area (Å²) in [7, 11) is 1.26. The van der Waals surface area contributed by atoms with Gasteiger partial charge < -0.3 is 33.7 Å². The molecule has 2 unspecified atom stereocenters. The lowest BCUT2D eigenvalue weighted by molar-refractivity contribution is -0.152. The third-order valence-electron chi connectivity index (χ3n) is 6.10. The number of rotatable bonds is 13. The highest BCUT2D eigenvalue weighted by Gasteiger charge is 2.25. The average molecular weight is 568 g/mol. The lowest BCUT2D eigenvalue weighted by Gasteiger charge is -2.20. The van der Waals surface area contributed by atoms with Gasteiger partial charge in [-0.15, -0.1) is 0 Å². The molecule has 0 saturated heterocycles. The molecule has 0 aliphatic heterocycles. The Balaban J connectivity index is 3.10. The fourth-order valence-electron chi connectivity index (χ4n) is 2.86. The monoisotopic (exact) mass is 567 g/mol. The van der Waals surface area contributed by atoms with Gasteiger partial charge in [0.25, 0.3) is 0 Å². The molecule has 0 aromatic heterocycles. The topological polar surface area (TPSA) is 136 Å². The first-order valence-electron chi connectivity index (χ1n) is 13.4. The van der Waals surface area contributed by atoms with Gasteiger partial charge in [0.2, 0.25) is 0 Å². The van der Waals surface area contributed by atoms with Crippen LogP contribution in [0.25, 0.3) is 0 Å². The molecular formula is C29H45NO10. The molecule has 40 heavy (non-hydrogen) atoms. The van der Waals surface area contributed by atoms with Crippen LogP contribution in [0.4, 0.5) is 9.59 Å². The fraction of sp³-hybridized carbons (Fsp3) is 0.655. The van der Waals surface area contributed by atoms with Gasteiger partial charge in [0, 0.05) is 6.54 Å². The van der Waals surface area contributed by atoms with Crippen molar-refractivity contribution in [3.63, 3.8) is 0 Å². The summed E-state index contributed by atoms with van der Waals surface area (Å²) in [4.78, 5) is 49.3. The molecule has 0 spiro atoms. The van der Waals surface area contributed by atoms with Crippen LogP contribution < -0.4 is 14.8 Å². The average Bonchev–Trinajstić information content (AvgIpc) is 2.85. The van der Waals surface area contributed by atoms with Crippen LogP contribution in [0.1, 0.15) is 67.9 Å². The summed E-state index contributed by atoms with van der Waals surface area (Å²) in [5.74, 6) is -0.928. The van der Waals surface area contributed by atoms with E-state index in [0.717, 1.165) is 0 Å². The van der Waals surface area contributed by atoms with Gasteiger partial charge in [-0.3, -0.25) is 9.59 Å². The van der Waals surface area contributed by atoms with Gasteiger partial charge in [0.1, 0.15) is 24.9 Å². The fourth-order valence-corrected chi connectivity index (χ4v) is 2.86. The van der Waals surface area contributed by atoms with Gasteiger partial charge in [0.15, 0.2) is 11.5 Å². The SMILES string of the molecule is COC(=O)[C@H](Cc1ccc(OC(=O)OC(C)C(C)C)c(OC(=O)OC(C)C(C)C)c1)NCCOC(=O)C(C)(C)C. The van der Waals surface area contributed by atoms with Crippen molar-refractivity contribution in [2.75, 3.05) is 20.3 Å². The second-order valence-electron chi connectivity index (χ2n) is 11.2. The zero-order chi connectivity index (χ0) is 30.6. The number of hydrogen-bond donors (Lipinski definition) is 1. The van der Waals surface area contributed by atoms with Crippen molar-refractivity contribution in [1.82, 2.24) is 5.32 Å². The van der Waals surface area contributed by atoms with Crippen LogP contribution in [0.2, 0.25) is 0 Å². The zero-order valence-corrected chi connectivity index (χ0v) is 25.3. The van der Waals surface area contributed by atoms with E-state index in [1.165, 1.54) is 19.2 Å². The maximum absolute atomic E-state index is 12.5. The third kappa shape index (κ3) is 12.2. The molecule has 0 aliphatic carbocycles. The van der Waals surface area contributed by atoms with E-state index in [1.807, 2.05) is 27.7 Å². The first kappa shape index (κ1) is 34.7. The number of esters is 2. The first-order chi connectivity index (χ1) is 18.5. The van der Waals surface area contributed by atoms with E-state index in [2.05, 4.69) is 5.32 Å². The Morgan fingerprint density at radius 2 is 1.35 bits per heavy atom. The van der Waals surface area contributed by atoms with E-state index in [-0.39, 0.29) is 48.9 Å². The minimum absolute atomic E-state index is 0.0525. The molecule has 1 N–H and O–H groups in total. The molecule has 226 valence electrons. The van der Waals surface area contributed by atoms with Crippen molar-refractivity contribution in [1.29, 1.82) is 0 Å². The highest BCUT2D eigenvalue weighted by Crippen LogP contribution is 2.30. The molecule has 3 atom stereocenters. The maximum atomic E-state index is 12.5. The van der Waals surface area contributed by atoms with E-state index in [1.54, 1.807) is 40.7 Å². The van der Waals surface area contributed by atoms with Crippen LogP contribution in [0, 0.1) is 17.3 Å². The smallest absolute Gasteiger partial charge is 0.468 e. The molecular weight excluding hydrogens is 522 g/mol. The Bertz CT molecular complexity index is 999. The summed E-state index contributed by atoms with van der Waals surface area (Å²) in [6.45, 7) is 16.5. The van der Waals surface area contributed by atoms with Crippen molar-refractivity contribution >= 4 is 24.2 Å². The summed E-state index contributed by atoms with van der Waals surface area (Å²) in [6.07, 6.45) is -2.63. The molecule has 0 bridgehead atoms. The van der Waals surface area contributed by atoms with Gasteiger partial charge in [0.05, 0.1) is 12.5 Å². The van der Waals surface area contributed by atoms with Crippen LogP contribution in [0.3, 0.4) is 0 Å². The summed E-state index contributed by atoms with van der Waals surface area (Å²) < 4.78 is 31.4. The third-order valence-corrected chi connectivity index (χ3v) is 6.10. The Hall–Kier alpha value is -3.34. The van der Waals surface area contributed by atoms with E-state index in [4.69, 9.17) is 28.4 Å². The predicted molar refractivity (Wildman–Crippen MR) is 147 cm³/mol. The van der Waals surface area contributed by atoms with Crippen molar-refractivity contribution in [3.05, 3.63) is 23.8 Å². The number of methoxy groups -OCH3 is 1. The number of ether oxygens (including phenoxy) is 6. The van der Waals surface area contributed by atoms with Crippen molar-refractivity contribution < 1.29 is 47.6 Å². The largest absolute Gasteiger partial charge is 0.514 e. The molecule has 0 aliphatic rings. The van der Waals surface area contributed by atoms with Gasteiger partial charge >= 0.3 is 24.2 Å². The molecule has 0 saturated carbocycles. The van der Waals surface area contributed by atoms with Crippen molar-refractivity contribution in [2.45, 2.75) is 87.0 Å². The molecule has 11 nitrogen and oxygen atoms in total. The van der Waals surface area contributed by atoms with E-state index in [0.29, 0.717) is 5.56 Å². The van der Waals surface area contributed by atoms with Gasteiger partial charge in [-0.1, -0.05) is 33.8 Å². The van der Waals surface area contributed by atoms with Gasteiger partial charge in [-0.25, -0.2) is 9.59 Å². The van der Waals surface area contributed by atoms with Crippen LogP contribution >= 0.6 is 0 Å². The number of nitrogens with one attached hydrogen (secondary N) is 1. The summed E-state index contributed by atoms with van der Waals surface area (Å²) in [5.41, 5.74) is -0.0828. The minimum Gasteiger partial charge on any atom is -0.468 e. The Morgan fingerprint density at radius 3 is 1.82 bits per heavy atom. The predicted octanol–water partition coefficient (Wildman–Crippen LogP) is 5.07. The number of benzene rings is 1. The second-order valence-corrected chi connectivity index (χ2v) is 11.2. The lowest BCUT2D eigenvalue weighted by atomic mass is 9.97. The second kappa shape index (κ2) is 16.1. The maximum Gasteiger partial charge on any atom is 0.514 e. The molecule has 0 heterocycles. The summed E-state index contributed by atoms with van der Waals surface area (Å²) >= 11 is 0. The molecule has 1 aromatic rings. The van der Waals surface area contributed by atoms with E-state index in [9.17, 15) is 19.2 Å². The van der Waals surface area contributed by atoms with Crippen LogP contribution in [0.5, 0.6) is 11.5 Å². The minimum atomic E-state index is -0.976. The standard InChI is InChI=1S/C29H45NO10/c1-17(2)19(5)37-27(33)39-23-12-11-21(16-24(23)40-28(34)38-20(6)18(3)4)15-22(25(31)35-10)30-13-14-36-26(32)29(7,8)9/h11-12,16-20,22,30H,13-15H2,1-10H3/t19?,20?,22-/m0/s1. The van der Waals surface area contributed by atoms with Crippen molar-refractivity contribution in [3.8, 4) is 11.5 Å². The number of carbonyl (C=O) groups excluding carboxylic acids is 4. The molecule has 0 amide bonds. The quantitative estimate of drug-likeness (QED) is 0.148. The molecule has 1 rings (SSSR count). The number of hydrogen-bond acceptors (Lipinski definition) is 11. The van der Waals surface area contributed by atoms with Gasteiger partial charge in [-0.05, 0) is 70.6 Å². The summed E-state index contributed by atoms with van der Waals surface area (Å²) in [5, 5.41) is 3.01. The van der Waals surface area contributed by atoms with Crippen LogP contribution in [-0.2, 0) is 35.0 Å². The van der Waals surface area contributed by atoms with Crippen LogP contribution in [-0.4, -0.2) is 62.8 Å².